The maximum atomic E-state index is 13.2. The zero-order valence-corrected chi connectivity index (χ0v) is 20.4. The standard InChI is InChI=1S/C24H30N2O7S/c1-17-8-9-18(14-22(17)34(29,30)26-12-6-4-5-7-13-26)25-23(27)16-33-24(28)20-11-10-19(31-2)15-21(20)32-3/h8-11,14-15H,4-7,12-13,16H2,1-3H3,(H,25,27). The van der Waals surface area contributed by atoms with Crippen LogP contribution < -0.4 is 14.8 Å². The maximum Gasteiger partial charge on any atom is 0.342 e. The van der Waals surface area contributed by atoms with Crippen LogP contribution in [0, 0.1) is 6.92 Å². The van der Waals surface area contributed by atoms with Crippen molar-refractivity contribution >= 4 is 27.6 Å². The molecule has 10 heteroatoms. The SMILES string of the molecule is COc1ccc(C(=O)OCC(=O)Nc2ccc(C)c(S(=O)(=O)N3CCCCCC3)c2)c(OC)c1. The molecule has 3 rings (SSSR count). The molecule has 184 valence electrons. The molecule has 1 aliphatic heterocycles. The lowest BCUT2D eigenvalue weighted by Crippen LogP contribution is -2.32. The van der Waals surface area contributed by atoms with Crippen molar-refractivity contribution in [2.24, 2.45) is 0 Å². The minimum Gasteiger partial charge on any atom is -0.497 e. The maximum absolute atomic E-state index is 13.2. The van der Waals surface area contributed by atoms with Crippen molar-refractivity contribution in [1.82, 2.24) is 4.31 Å². The number of hydrogen-bond donors (Lipinski definition) is 1. The molecule has 0 spiro atoms. The highest BCUT2D eigenvalue weighted by Gasteiger charge is 2.27. The van der Waals surface area contributed by atoms with Crippen LogP contribution in [-0.2, 0) is 19.6 Å². The second-order valence-corrected chi connectivity index (χ2v) is 9.90. The van der Waals surface area contributed by atoms with Gasteiger partial charge in [-0.2, -0.15) is 4.31 Å². The number of hydrogen-bond acceptors (Lipinski definition) is 7. The van der Waals surface area contributed by atoms with E-state index in [4.69, 9.17) is 14.2 Å². The van der Waals surface area contributed by atoms with Gasteiger partial charge in [-0.3, -0.25) is 4.79 Å². The molecule has 0 aliphatic carbocycles. The number of benzene rings is 2. The Balaban J connectivity index is 1.67. The first-order valence-electron chi connectivity index (χ1n) is 11.1. The first-order chi connectivity index (χ1) is 16.3. The molecule has 1 heterocycles. The Kier molecular flexibility index (Phi) is 8.51. The third-order valence-corrected chi connectivity index (χ3v) is 7.66. The number of methoxy groups -OCH3 is 2. The summed E-state index contributed by atoms with van der Waals surface area (Å²) < 4.78 is 43.3. The number of nitrogens with zero attached hydrogens (tertiary/aromatic N) is 1. The number of carbonyl (C=O) groups is 2. The molecule has 0 radical (unpaired) electrons. The van der Waals surface area contributed by atoms with Crippen LogP contribution in [0.2, 0.25) is 0 Å². The van der Waals surface area contributed by atoms with Gasteiger partial charge in [0.15, 0.2) is 6.61 Å². The number of ether oxygens (including phenoxy) is 3. The number of amides is 1. The summed E-state index contributed by atoms with van der Waals surface area (Å²) in [5.74, 6) is -0.561. The van der Waals surface area contributed by atoms with E-state index in [0.29, 0.717) is 30.1 Å². The Morgan fingerprint density at radius 1 is 0.971 bits per heavy atom. The van der Waals surface area contributed by atoms with E-state index in [9.17, 15) is 18.0 Å². The fourth-order valence-corrected chi connectivity index (χ4v) is 5.52. The Bertz CT molecular complexity index is 1140. The van der Waals surface area contributed by atoms with E-state index in [-0.39, 0.29) is 16.2 Å². The fraction of sp³-hybridized carbons (Fsp3) is 0.417. The molecular weight excluding hydrogens is 460 g/mol. The molecule has 0 bridgehead atoms. The number of anilines is 1. The lowest BCUT2D eigenvalue weighted by atomic mass is 10.2. The Hall–Kier alpha value is -3.11. The zero-order valence-electron chi connectivity index (χ0n) is 19.6. The Morgan fingerprint density at radius 2 is 1.68 bits per heavy atom. The van der Waals surface area contributed by atoms with Gasteiger partial charge in [-0.25, -0.2) is 13.2 Å². The number of nitrogens with one attached hydrogen (secondary N) is 1. The normalized spacial score (nSPS) is 14.7. The van der Waals surface area contributed by atoms with Crippen LogP contribution in [0.1, 0.15) is 41.6 Å². The summed E-state index contributed by atoms with van der Waals surface area (Å²) in [5.41, 5.74) is 1.06. The van der Waals surface area contributed by atoms with Crippen molar-refractivity contribution in [3.05, 3.63) is 47.5 Å². The molecule has 0 atom stereocenters. The van der Waals surface area contributed by atoms with E-state index in [1.54, 1.807) is 25.1 Å². The molecule has 1 saturated heterocycles. The predicted molar refractivity (Wildman–Crippen MR) is 127 cm³/mol. The van der Waals surface area contributed by atoms with Gasteiger partial charge in [0, 0.05) is 24.8 Å². The number of esters is 1. The zero-order chi connectivity index (χ0) is 24.7. The summed E-state index contributed by atoms with van der Waals surface area (Å²) in [6.45, 7) is 2.16. The summed E-state index contributed by atoms with van der Waals surface area (Å²) in [7, 11) is -0.775. The molecule has 1 N–H and O–H groups in total. The van der Waals surface area contributed by atoms with E-state index < -0.39 is 28.5 Å². The molecule has 9 nitrogen and oxygen atoms in total. The molecule has 2 aromatic rings. The minimum atomic E-state index is -3.68. The summed E-state index contributed by atoms with van der Waals surface area (Å²) in [4.78, 5) is 25.0. The molecule has 1 aliphatic rings. The fourth-order valence-electron chi connectivity index (χ4n) is 3.75. The van der Waals surface area contributed by atoms with Gasteiger partial charge >= 0.3 is 5.97 Å². The topological polar surface area (TPSA) is 111 Å². The van der Waals surface area contributed by atoms with Gasteiger partial charge in [0.2, 0.25) is 10.0 Å². The second kappa shape index (κ2) is 11.3. The summed E-state index contributed by atoms with van der Waals surface area (Å²) in [5, 5.41) is 2.60. The molecular formula is C24H30N2O7S. The highest BCUT2D eigenvalue weighted by molar-refractivity contribution is 7.89. The summed E-state index contributed by atoms with van der Waals surface area (Å²) in [6.07, 6.45) is 3.70. The number of rotatable bonds is 8. The molecule has 0 unspecified atom stereocenters. The molecule has 1 amide bonds. The van der Waals surface area contributed by atoms with Crippen LogP contribution in [0.25, 0.3) is 0 Å². The van der Waals surface area contributed by atoms with Gasteiger partial charge in [-0.05, 0) is 49.6 Å². The van der Waals surface area contributed by atoms with Gasteiger partial charge in [-0.1, -0.05) is 18.9 Å². The summed E-state index contributed by atoms with van der Waals surface area (Å²) >= 11 is 0. The highest BCUT2D eigenvalue weighted by Crippen LogP contribution is 2.27. The van der Waals surface area contributed by atoms with Crippen molar-refractivity contribution in [3.8, 4) is 11.5 Å². The quantitative estimate of drug-likeness (QED) is 0.565. The van der Waals surface area contributed by atoms with Crippen molar-refractivity contribution in [1.29, 1.82) is 0 Å². The van der Waals surface area contributed by atoms with E-state index in [2.05, 4.69) is 5.32 Å². The lowest BCUT2D eigenvalue weighted by Gasteiger charge is -2.21. The van der Waals surface area contributed by atoms with Crippen molar-refractivity contribution in [2.45, 2.75) is 37.5 Å². The van der Waals surface area contributed by atoms with Crippen LogP contribution in [-0.4, -0.2) is 58.5 Å². The monoisotopic (exact) mass is 490 g/mol. The average molecular weight is 491 g/mol. The van der Waals surface area contributed by atoms with E-state index in [1.165, 1.54) is 36.7 Å². The van der Waals surface area contributed by atoms with Crippen molar-refractivity contribution < 1.29 is 32.2 Å². The molecule has 0 saturated carbocycles. The Labute approximate surface area is 200 Å². The number of aryl methyl sites for hydroxylation is 1. The first kappa shape index (κ1) is 25.5. The van der Waals surface area contributed by atoms with Gasteiger partial charge in [0.05, 0.1) is 19.1 Å². The predicted octanol–water partition coefficient (Wildman–Crippen LogP) is 3.37. The second-order valence-electron chi connectivity index (χ2n) is 7.99. The largest absolute Gasteiger partial charge is 0.497 e. The van der Waals surface area contributed by atoms with Crippen molar-refractivity contribution in [3.63, 3.8) is 0 Å². The molecule has 2 aromatic carbocycles. The highest BCUT2D eigenvalue weighted by atomic mass is 32.2. The number of sulfonamides is 1. The lowest BCUT2D eigenvalue weighted by molar-refractivity contribution is -0.119. The van der Waals surface area contributed by atoms with Crippen LogP contribution in [0.3, 0.4) is 0 Å². The van der Waals surface area contributed by atoms with Crippen LogP contribution in [0.15, 0.2) is 41.3 Å². The third-order valence-electron chi connectivity index (χ3n) is 5.62. The third kappa shape index (κ3) is 6.06. The first-order valence-corrected chi connectivity index (χ1v) is 12.5. The van der Waals surface area contributed by atoms with Crippen molar-refractivity contribution in [2.75, 3.05) is 39.2 Å². The molecule has 34 heavy (non-hydrogen) atoms. The van der Waals surface area contributed by atoms with Crippen LogP contribution >= 0.6 is 0 Å². The van der Waals surface area contributed by atoms with Crippen LogP contribution in [0.5, 0.6) is 11.5 Å². The number of carbonyl (C=O) groups excluding carboxylic acids is 2. The van der Waals surface area contributed by atoms with E-state index in [0.717, 1.165) is 25.7 Å². The van der Waals surface area contributed by atoms with E-state index >= 15 is 0 Å². The summed E-state index contributed by atoms with van der Waals surface area (Å²) in [6, 6.07) is 9.31. The molecule has 1 fully saturated rings. The van der Waals surface area contributed by atoms with Gasteiger partial charge in [-0.15, -0.1) is 0 Å². The Morgan fingerprint density at radius 3 is 2.32 bits per heavy atom. The minimum absolute atomic E-state index is 0.150. The smallest absolute Gasteiger partial charge is 0.342 e. The van der Waals surface area contributed by atoms with Crippen LogP contribution in [0.4, 0.5) is 5.69 Å². The van der Waals surface area contributed by atoms with Gasteiger partial charge < -0.3 is 19.5 Å². The van der Waals surface area contributed by atoms with Gasteiger partial charge in [0.25, 0.3) is 5.91 Å². The average Bonchev–Trinajstić information content (AvgIpc) is 3.13. The van der Waals surface area contributed by atoms with Gasteiger partial charge in [0.1, 0.15) is 17.1 Å². The molecule has 0 aromatic heterocycles. The van der Waals surface area contributed by atoms with E-state index in [1.807, 2.05) is 0 Å².